The number of hydrogen-bond donors (Lipinski definition) is 2. The number of aliphatic carboxylic acids is 1. The summed E-state index contributed by atoms with van der Waals surface area (Å²) >= 11 is 0. The smallest absolute Gasteiger partial charge is 0.306 e. The molecule has 0 spiro atoms. The van der Waals surface area contributed by atoms with E-state index in [1.807, 2.05) is 6.92 Å². The Morgan fingerprint density at radius 2 is 1.90 bits per heavy atom. The zero-order chi connectivity index (χ0) is 27.7. The van der Waals surface area contributed by atoms with Gasteiger partial charge in [0.1, 0.15) is 11.3 Å². The van der Waals surface area contributed by atoms with E-state index >= 15 is 4.39 Å². The number of ether oxygens (including phenoxy) is 1. The predicted molar refractivity (Wildman–Crippen MR) is 141 cm³/mol. The average Bonchev–Trinajstić information content (AvgIpc) is 3.50. The summed E-state index contributed by atoms with van der Waals surface area (Å²) in [6.07, 6.45) is 4.12. The number of anilines is 2. The van der Waals surface area contributed by atoms with Gasteiger partial charge >= 0.3 is 5.97 Å². The molecule has 2 atom stereocenters. The molecule has 1 saturated carbocycles. The number of nitrogens with one attached hydrogen (secondary N) is 1. The second kappa shape index (κ2) is 11.3. The molecule has 1 saturated heterocycles. The Kier molecular flexibility index (Phi) is 7.83. The van der Waals surface area contributed by atoms with Crippen molar-refractivity contribution in [2.75, 3.05) is 11.9 Å². The second-order valence-electron chi connectivity index (χ2n) is 10.7. The quantitative estimate of drug-likeness (QED) is 0.375. The maximum absolute atomic E-state index is 15.4. The largest absolute Gasteiger partial charge is 0.481 e. The number of nitrogens with zero attached hydrogens (tertiary/aromatic N) is 2. The number of amides is 1. The second-order valence-corrected chi connectivity index (χ2v) is 10.7. The maximum Gasteiger partial charge on any atom is 0.306 e. The maximum atomic E-state index is 15.4. The molecule has 1 amide bonds. The van der Waals surface area contributed by atoms with Crippen molar-refractivity contribution >= 4 is 34.7 Å². The lowest BCUT2D eigenvalue weighted by molar-refractivity contribution is -0.144. The van der Waals surface area contributed by atoms with Crippen molar-refractivity contribution in [2.45, 2.75) is 77.0 Å². The molecule has 208 valence electrons. The number of benzene rings is 2. The van der Waals surface area contributed by atoms with Crippen LogP contribution in [0.1, 0.15) is 56.6 Å². The normalized spacial score (nSPS) is 23.3. The van der Waals surface area contributed by atoms with E-state index in [2.05, 4.69) is 10.3 Å². The topological polar surface area (TPSA) is 105 Å². The number of fused-ring (bicyclic) bond motifs is 1. The van der Waals surface area contributed by atoms with Crippen molar-refractivity contribution in [1.29, 1.82) is 0 Å². The number of aromatic nitrogens is 1. The molecule has 1 aliphatic heterocycles. The molecule has 2 aromatic carbocycles. The molecule has 3 aromatic rings. The fraction of sp³-hybridized carbons (Fsp3) is 0.483. The minimum atomic E-state index is -0.750. The summed E-state index contributed by atoms with van der Waals surface area (Å²) in [5.74, 6) is -2.30. The minimum Gasteiger partial charge on any atom is -0.481 e. The molecule has 8 nitrogen and oxygen atoms in total. The highest BCUT2D eigenvalue weighted by molar-refractivity contribution is 5.83. The zero-order valence-electron chi connectivity index (χ0n) is 22.1. The molecular formula is C29H33F2N3O5. The van der Waals surface area contributed by atoms with E-state index in [0.29, 0.717) is 43.5 Å². The fourth-order valence-corrected chi connectivity index (χ4v) is 5.70. The van der Waals surface area contributed by atoms with Crippen molar-refractivity contribution in [2.24, 2.45) is 5.92 Å². The third kappa shape index (κ3) is 5.90. The molecule has 1 aromatic heterocycles. The lowest BCUT2D eigenvalue weighted by Gasteiger charge is -2.31. The SMILES string of the molecule is Cc1ccc(F)cc1Nc1nc2ccc(CC(=O)N3C(COC4CCC(C(=O)O)CC4)CC[C@@H]3C)c(F)c2o1. The summed E-state index contributed by atoms with van der Waals surface area (Å²) in [7, 11) is 0. The van der Waals surface area contributed by atoms with Crippen molar-refractivity contribution in [3.63, 3.8) is 0 Å². The Morgan fingerprint density at radius 1 is 1.13 bits per heavy atom. The number of carboxylic acid groups (broad SMARTS) is 1. The summed E-state index contributed by atoms with van der Waals surface area (Å²) in [5, 5.41) is 12.1. The standard InChI is InChI=1S/C29H33F2N3O5/c1-16-3-8-20(30)14-24(16)33-29-32-23-12-7-19(26(31)27(23)39-29)13-25(35)34-17(2)4-9-21(34)15-38-22-10-5-18(6-11-22)28(36)37/h3,7-8,12,14,17-18,21-22H,4-6,9-11,13,15H2,1-2H3,(H,32,33)(H,36,37)/t17-,18?,21?,22?/m0/s1. The summed E-state index contributed by atoms with van der Waals surface area (Å²) in [6, 6.07) is 7.36. The molecular weight excluding hydrogens is 508 g/mol. The minimum absolute atomic E-state index is 0.00117. The van der Waals surface area contributed by atoms with Crippen molar-refractivity contribution in [3.05, 3.63) is 53.1 Å². The molecule has 2 heterocycles. The molecule has 0 radical (unpaired) electrons. The first-order valence-corrected chi connectivity index (χ1v) is 13.5. The molecule has 2 aliphatic rings. The molecule has 39 heavy (non-hydrogen) atoms. The Balaban J connectivity index is 1.24. The summed E-state index contributed by atoms with van der Waals surface area (Å²) in [4.78, 5) is 30.6. The highest BCUT2D eigenvalue weighted by atomic mass is 19.1. The first kappa shape index (κ1) is 27.1. The van der Waals surface area contributed by atoms with Crippen LogP contribution in [0.3, 0.4) is 0 Å². The van der Waals surface area contributed by atoms with Gasteiger partial charge in [-0.25, -0.2) is 8.78 Å². The molecule has 5 rings (SSSR count). The predicted octanol–water partition coefficient (Wildman–Crippen LogP) is 5.74. The number of carbonyl (C=O) groups excluding carboxylic acids is 1. The van der Waals surface area contributed by atoms with Crippen LogP contribution in [0, 0.1) is 24.5 Å². The lowest BCUT2D eigenvalue weighted by atomic mass is 9.87. The average molecular weight is 542 g/mol. The van der Waals surface area contributed by atoms with Crippen molar-refractivity contribution < 1.29 is 32.6 Å². The van der Waals surface area contributed by atoms with Crippen LogP contribution in [0.25, 0.3) is 11.1 Å². The highest BCUT2D eigenvalue weighted by Gasteiger charge is 2.36. The van der Waals surface area contributed by atoms with Gasteiger partial charge in [-0.05, 0) is 76.1 Å². The van der Waals surface area contributed by atoms with Crippen LogP contribution in [0.2, 0.25) is 0 Å². The number of oxazole rings is 1. The molecule has 1 unspecified atom stereocenters. The van der Waals surface area contributed by atoms with Gasteiger partial charge in [-0.1, -0.05) is 12.1 Å². The lowest BCUT2D eigenvalue weighted by Crippen LogP contribution is -2.43. The first-order valence-electron chi connectivity index (χ1n) is 13.5. The van der Waals surface area contributed by atoms with E-state index in [-0.39, 0.29) is 53.6 Å². The number of hydrogen-bond acceptors (Lipinski definition) is 6. The van der Waals surface area contributed by atoms with Crippen LogP contribution in [0.4, 0.5) is 20.5 Å². The van der Waals surface area contributed by atoms with Crippen LogP contribution < -0.4 is 5.32 Å². The van der Waals surface area contributed by atoms with Gasteiger partial charge in [0.05, 0.1) is 31.1 Å². The van der Waals surface area contributed by atoms with Gasteiger partial charge in [0.15, 0.2) is 11.4 Å². The number of likely N-dealkylation sites (tertiary alicyclic amines) is 1. The fourth-order valence-electron chi connectivity index (χ4n) is 5.70. The molecule has 10 heteroatoms. The van der Waals surface area contributed by atoms with Crippen LogP contribution in [0.5, 0.6) is 0 Å². The molecule has 2 N–H and O–H groups in total. The third-order valence-electron chi connectivity index (χ3n) is 7.98. The number of rotatable bonds is 8. The Hall–Kier alpha value is -3.53. The number of aryl methyl sites for hydroxylation is 1. The van der Waals surface area contributed by atoms with Gasteiger partial charge in [-0.3, -0.25) is 9.59 Å². The van der Waals surface area contributed by atoms with E-state index < -0.39 is 17.6 Å². The van der Waals surface area contributed by atoms with Gasteiger partial charge in [0.25, 0.3) is 6.01 Å². The van der Waals surface area contributed by atoms with Gasteiger partial charge < -0.3 is 24.5 Å². The summed E-state index contributed by atoms with van der Waals surface area (Å²) < 4.78 is 40.8. The van der Waals surface area contributed by atoms with Crippen LogP contribution in [-0.4, -0.2) is 51.7 Å². The summed E-state index contributed by atoms with van der Waals surface area (Å²) in [6.45, 7) is 4.17. The van der Waals surface area contributed by atoms with E-state index in [4.69, 9.17) is 9.15 Å². The molecule has 0 bridgehead atoms. The highest BCUT2D eigenvalue weighted by Crippen LogP contribution is 2.31. The van der Waals surface area contributed by atoms with Crippen LogP contribution >= 0.6 is 0 Å². The van der Waals surface area contributed by atoms with Gasteiger partial charge in [-0.2, -0.15) is 4.98 Å². The van der Waals surface area contributed by atoms with Crippen molar-refractivity contribution in [1.82, 2.24) is 9.88 Å². The Morgan fingerprint density at radius 3 is 2.64 bits per heavy atom. The molecule has 1 aliphatic carbocycles. The van der Waals surface area contributed by atoms with Gasteiger partial charge in [0, 0.05) is 17.3 Å². The van der Waals surface area contributed by atoms with E-state index in [0.717, 1.165) is 18.4 Å². The number of carbonyl (C=O) groups is 2. The summed E-state index contributed by atoms with van der Waals surface area (Å²) in [5.41, 5.74) is 1.67. The Labute approximate surface area is 225 Å². The number of carboxylic acids is 1. The van der Waals surface area contributed by atoms with Gasteiger partial charge in [-0.15, -0.1) is 0 Å². The van der Waals surface area contributed by atoms with Gasteiger partial charge in [0.2, 0.25) is 5.91 Å². The molecule has 2 fully saturated rings. The first-order chi connectivity index (χ1) is 18.7. The number of halogens is 2. The van der Waals surface area contributed by atoms with Crippen LogP contribution in [-0.2, 0) is 20.7 Å². The van der Waals surface area contributed by atoms with E-state index in [9.17, 15) is 19.1 Å². The van der Waals surface area contributed by atoms with Crippen LogP contribution in [0.15, 0.2) is 34.7 Å². The van der Waals surface area contributed by atoms with Crippen molar-refractivity contribution in [3.8, 4) is 0 Å². The third-order valence-corrected chi connectivity index (χ3v) is 7.98. The van der Waals surface area contributed by atoms with E-state index in [1.165, 1.54) is 12.1 Å². The Bertz CT molecular complexity index is 1370. The van der Waals surface area contributed by atoms with E-state index in [1.54, 1.807) is 30.0 Å². The zero-order valence-corrected chi connectivity index (χ0v) is 22.1. The monoisotopic (exact) mass is 541 g/mol.